The van der Waals surface area contributed by atoms with Crippen LogP contribution in [0.4, 0.5) is 4.79 Å². The normalized spacial score (nSPS) is 24.8. The van der Waals surface area contributed by atoms with E-state index >= 15 is 0 Å². The van der Waals surface area contributed by atoms with E-state index in [4.69, 9.17) is 14.6 Å². The van der Waals surface area contributed by atoms with Gasteiger partial charge in [-0.2, -0.15) is 0 Å². The topological polar surface area (TPSA) is 72.8 Å². The predicted molar refractivity (Wildman–Crippen MR) is 83.5 cm³/mol. The molecule has 0 aromatic carbocycles. The van der Waals surface area contributed by atoms with E-state index in [-0.39, 0.29) is 24.5 Å². The molecule has 0 saturated heterocycles. The Kier molecular flexibility index (Phi) is 7.15. The average Bonchev–Trinajstić information content (AvgIpc) is 2.51. The molecule has 1 unspecified atom stereocenters. The van der Waals surface area contributed by atoms with E-state index in [9.17, 15) is 9.59 Å². The fourth-order valence-corrected chi connectivity index (χ4v) is 2.83. The van der Waals surface area contributed by atoms with Gasteiger partial charge in [0.05, 0.1) is 19.1 Å². The summed E-state index contributed by atoms with van der Waals surface area (Å²) in [6, 6.07) is 0. The van der Waals surface area contributed by atoms with Gasteiger partial charge in [-0.05, 0) is 19.8 Å². The maximum Gasteiger partial charge on any atom is 0.508 e. The lowest BCUT2D eigenvalue weighted by Crippen LogP contribution is -2.33. The smallest absolute Gasteiger partial charge is 0.481 e. The number of hydrogen-bond acceptors (Lipinski definition) is 4. The molecule has 5 nitrogen and oxygen atoms in total. The summed E-state index contributed by atoms with van der Waals surface area (Å²) < 4.78 is 10.0. The molecule has 0 saturated carbocycles. The van der Waals surface area contributed by atoms with Crippen LogP contribution in [0.5, 0.6) is 0 Å². The molecule has 0 fully saturated rings. The summed E-state index contributed by atoms with van der Waals surface area (Å²) in [5, 5.41) is 9.07. The van der Waals surface area contributed by atoms with Crippen molar-refractivity contribution in [2.24, 2.45) is 17.3 Å². The quantitative estimate of drug-likeness (QED) is 0.545. The number of carbonyl (C=O) groups is 2. The van der Waals surface area contributed by atoms with Gasteiger partial charge in [0, 0.05) is 11.3 Å². The highest BCUT2D eigenvalue weighted by Crippen LogP contribution is 2.41. The van der Waals surface area contributed by atoms with E-state index in [1.165, 1.54) is 0 Å². The molecule has 1 atom stereocenters. The van der Waals surface area contributed by atoms with Crippen molar-refractivity contribution in [3.05, 3.63) is 24.3 Å². The molecule has 0 spiro atoms. The third-order valence-corrected chi connectivity index (χ3v) is 4.19. The second-order valence-corrected chi connectivity index (χ2v) is 5.53. The maximum absolute atomic E-state index is 11.4. The van der Waals surface area contributed by atoms with Gasteiger partial charge < -0.3 is 14.6 Å². The Labute approximate surface area is 132 Å². The van der Waals surface area contributed by atoms with E-state index in [0.29, 0.717) is 0 Å². The Hall–Kier alpha value is -1.78. The molecule has 0 radical (unpaired) electrons. The van der Waals surface area contributed by atoms with Crippen molar-refractivity contribution in [1.29, 1.82) is 0 Å². The molecule has 0 amide bonds. The number of hydrogen-bond donors (Lipinski definition) is 1. The molecule has 124 valence electrons. The van der Waals surface area contributed by atoms with Crippen molar-refractivity contribution in [3.63, 3.8) is 0 Å². The van der Waals surface area contributed by atoms with Crippen molar-refractivity contribution in [1.82, 2.24) is 0 Å². The first kappa shape index (κ1) is 18.3. The number of carboxylic acids is 1. The van der Waals surface area contributed by atoms with Gasteiger partial charge in [0.1, 0.15) is 0 Å². The molecule has 1 aliphatic carbocycles. The molecule has 0 bridgehead atoms. The lowest BCUT2D eigenvalue weighted by molar-refractivity contribution is -0.138. The van der Waals surface area contributed by atoms with E-state index < -0.39 is 18.0 Å². The third-order valence-electron chi connectivity index (χ3n) is 4.19. The van der Waals surface area contributed by atoms with Gasteiger partial charge in [0.2, 0.25) is 0 Å². The van der Waals surface area contributed by atoms with Crippen molar-refractivity contribution >= 4 is 12.1 Å². The summed E-state index contributed by atoms with van der Waals surface area (Å²) in [5.74, 6) is -1.32. The zero-order valence-electron chi connectivity index (χ0n) is 13.6. The zero-order valence-corrected chi connectivity index (χ0v) is 13.6. The van der Waals surface area contributed by atoms with Gasteiger partial charge in [-0.15, -0.1) is 0 Å². The Bertz CT molecular complexity index is 424. The lowest BCUT2D eigenvalue weighted by atomic mass is 9.68. The van der Waals surface area contributed by atoms with Gasteiger partial charge >= 0.3 is 12.1 Å². The highest BCUT2D eigenvalue weighted by atomic mass is 16.7. The van der Waals surface area contributed by atoms with E-state index in [2.05, 4.69) is 13.8 Å². The van der Waals surface area contributed by atoms with Crippen molar-refractivity contribution in [2.75, 3.05) is 13.2 Å². The minimum absolute atomic E-state index is 0.106. The standard InChI is InChI=1S/C17H26O5/c1-4-7-14(12-22-16(20)21-6-3)17(5-2)10-8-13(9-11-17)15(18)19/h8-11,13-14H,4-7,12H2,1-3H3,(H,18,19). The van der Waals surface area contributed by atoms with Gasteiger partial charge in [0.15, 0.2) is 0 Å². The maximum atomic E-state index is 11.4. The van der Waals surface area contributed by atoms with E-state index in [0.717, 1.165) is 19.3 Å². The van der Waals surface area contributed by atoms with Crippen LogP contribution < -0.4 is 0 Å². The number of carbonyl (C=O) groups excluding carboxylic acids is 1. The summed E-state index contributed by atoms with van der Waals surface area (Å²) in [6.45, 7) is 6.43. The van der Waals surface area contributed by atoms with Crippen molar-refractivity contribution in [3.8, 4) is 0 Å². The molecule has 0 heterocycles. The van der Waals surface area contributed by atoms with Gasteiger partial charge in [-0.1, -0.05) is 44.6 Å². The Balaban J connectivity index is 2.83. The van der Waals surface area contributed by atoms with Crippen molar-refractivity contribution < 1.29 is 24.2 Å². The minimum atomic E-state index is -0.855. The van der Waals surface area contributed by atoms with Crippen LogP contribution in [-0.2, 0) is 14.3 Å². The Morgan fingerprint density at radius 1 is 1.18 bits per heavy atom. The molecule has 1 rings (SSSR count). The molecule has 0 aliphatic heterocycles. The van der Waals surface area contributed by atoms with Crippen LogP contribution >= 0.6 is 0 Å². The lowest BCUT2D eigenvalue weighted by Gasteiger charge is -2.37. The molecule has 0 aromatic heterocycles. The summed E-state index contributed by atoms with van der Waals surface area (Å²) in [4.78, 5) is 22.5. The van der Waals surface area contributed by atoms with E-state index in [1.54, 1.807) is 19.1 Å². The summed E-state index contributed by atoms with van der Waals surface area (Å²) in [7, 11) is 0. The van der Waals surface area contributed by atoms with Crippen LogP contribution in [0.25, 0.3) is 0 Å². The largest absolute Gasteiger partial charge is 0.508 e. The number of rotatable bonds is 8. The Morgan fingerprint density at radius 2 is 1.82 bits per heavy atom. The first-order valence-electron chi connectivity index (χ1n) is 7.90. The fourth-order valence-electron chi connectivity index (χ4n) is 2.83. The Morgan fingerprint density at radius 3 is 2.27 bits per heavy atom. The number of aliphatic carboxylic acids is 1. The molecular formula is C17H26O5. The first-order valence-corrected chi connectivity index (χ1v) is 7.90. The van der Waals surface area contributed by atoms with Crippen LogP contribution in [0.1, 0.15) is 40.0 Å². The fraction of sp³-hybridized carbons (Fsp3) is 0.647. The molecule has 5 heteroatoms. The van der Waals surface area contributed by atoms with Crippen molar-refractivity contribution in [2.45, 2.75) is 40.0 Å². The minimum Gasteiger partial charge on any atom is -0.481 e. The number of carboxylic acid groups (broad SMARTS) is 1. The zero-order chi connectivity index (χ0) is 16.6. The third kappa shape index (κ3) is 4.61. The van der Waals surface area contributed by atoms with Crippen LogP contribution in [0.3, 0.4) is 0 Å². The predicted octanol–water partition coefficient (Wildman–Crippen LogP) is 3.80. The van der Waals surface area contributed by atoms with Crippen LogP contribution in [0.2, 0.25) is 0 Å². The van der Waals surface area contributed by atoms with Crippen LogP contribution in [0, 0.1) is 17.3 Å². The summed E-state index contributed by atoms with van der Waals surface area (Å²) in [6.07, 6.45) is 9.38. The van der Waals surface area contributed by atoms with Crippen LogP contribution in [-0.4, -0.2) is 30.4 Å². The number of allylic oxidation sites excluding steroid dienone is 2. The molecule has 1 aliphatic rings. The first-order chi connectivity index (χ1) is 10.5. The highest BCUT2D eigenvalue weighted by molar-refractivity contribution is 5.75. The average molecular weight is 310 g/mol. The van der Waals surface area contributed by atoms with E-state index in [1.807, 2.05) is 12.2 Å². The van der Waals surface area contributed by atoms with Gasteiger partial charge in [-0.25, -0.2) is 4.79 Å². The second kappa shape index (κ2) is 8.61. The SMILES string of the molecule is CCCC(COC(=O)OCC)C1(CC)C=CC(C(=O)O)C=C1. The molecule has 1 N–H and O–H groups in total. The summed E-state index contributed by atoms with van der Waals surface area (Å²) in [5.41, 5.74) is -0.269. The van der Waals surface area contributed by atoms with Gasteiger partial charge in [0.25, 0.3) is 0 Å². The van der Waals surface area contributed by atoms with Gasteiger partial charge in [-0.3, -0.25) is 4.79 Å². The molecule has 0 aromatic rings. The second-order valence-electron chi connectivity index (χ2n) is 5.53. The number of ether oxygens (including phenoxy) is 2. The highest BCUT2D eigenvalue weighted by Gasteiger charge is 2.35. The molecule has 22 heavy (non-hydrogen) atoms. The monoisotopic (exact) mass is 310 g/mol. The molecular weight excluding hydrogens is 284 g/mol. The van der Waals surface area contributed by atoms with Crippen LogP contribution in [0.15, 0.2) is 24.3 Å². The summed E-state index contributed by atoms with van der Waals surface area (Å²) >= 11 is 0.